The number of nitrogens with one attached hydrogen (secondary N) is 1. The van der Waals surface area contributed by atoms with E-state index in [1.165, 1.54) is 11.3 Å². The standard InChI is InChI=1S/C20H17BrN4O4S/c1-3-28-20(27)16-9(2)13-17(22)24-12(25-18(13)30-16)8-29-19(26)15-14(21)10-6-4-5-7-11(10)23-15/h4-7,23H,3,8H2,1-2H3,(H2,22,24,25). The number of thiophene rings is 1. The van der Waals surface area contributed by atoms with Crippen molar-refractivity contribution in [3.8, 4) is 0 Å². The highest BCUT2D eigenvalue weighted by Crippen LogP contribution is 2.33. The molecule has 10 heteroatoms. The average Bonchev–Trinajstić information content (AvgIpc) is 3.24. The number of hydrogen-bond acceptors (Lipinski definition) is 8. The largest absolute Gasteiger partial charge is 0.462 e. The summed E-state index contributed by atoms with van der Waals surface area (Å²) in [5, 5.41) is 1.49. The molecular formula is C20H17BrN4O4S. The van der Waals surface area contributed by atoms with Crippen molar-refractivity contribution in [1.82, 2.24) is 15.0 Å². The van der Waals surface area contributed by atoms with Crippen LogP contribution in [0.2, 0.25) is 0 Å². The number of aromatic nitrogens is 3. The van der Waals surface area contributed by atoms with E-state index in [0.717, 1.165) is 10.9 Å². The second-order valence-electron chi connectivity index (χ2n) is 6.42. The number of H-pyrrole nitrogens is 1. The number of para-hydroxylation sites is 1. The Morgan fingerprint density at radius 1 is 1.20 bits per heavy atom. The van der Waals surface area contributed by atoms with Crippen LogP contribution in [0.1, 0.15) is 38.5 Å². The number of carbonyl (C=O) groups excluding carboxylic acids is 2. The lowest BCUT2D eigenvalue weighted by atomic mass is 10.2. The van der Waals surface area contributed by atoms with Crippen LogP contribution >= 0.6 is 27.3 Å². The van der Waals surface area contributed by atoms with Crippen molar-refractivity contribution in [2.24, 2.45) is 0 Å². The maximum atomic E-state index is 12.5. The van der Waals surface area contributed by atoms with E-state index >= 15 is 0 Å². The van der Waals surface area contributed by atoms with Crippen molar-refractivity contribution in [2.45, 2.75) is 20.5 Å². The number of nitrogens with two attached hydrogens (primary N) is 1. The molecule has 3 N–H and O–H groups in total. The number of rotatable bonds is 5. The molecule has 4 rings (SSSR count). The lowest BCUT2D eigenvalue weighted by Gasteiger charge is -2.05. The number of benzene rings is 1. The number of carbonyl (C=O) groups is 2. The number of nitrogen functional groups attached to an aromatic ring is 1. The normalized spacial score (nSPS) is 11.2. The molecule has 0 spiro atoms. The van der Waals surface area contributed by atoms with E-state index in [9.17, 15) is 9.59 Å². The minimum Gasteiger partial charge on any atom is -0.462 e. The number of esters is 2. The Kier molecular flexibility index (Phi) is 5.44. The third-order valence-electron chi connectivity index (χ3n) is 4.50. The molecule has 0 atom stereocenters. The van der Waals surface area contributed by atoms with Gasteiger partial charge in [-0.3, -0.25) is 0 Å². The number of ether oxygens (including phenoxy) is 2. The Labute approximate surface area is 183 Å². The van der Waals surface area contributed by atoms with Crippen molar-refractivity contribution in [3.63, 3.8) is 0 Å². The van der Waals surface area contributed by atoms with Crippen molar-refractivity contribution >= 4 is 66.1 Å². The van der Waals surface area contributed by atoms with Gasteiger partial charge in [0, 0.05) is 10.9 Å². The second-order valence-corrected chi connectivity index (χ2v) is 8.21. The van der Waals surface area contributed by atoms with Crippen LogP contribution < -0.4 is 5.73 Å². The van der Waals surface area contributed by atoms with Crippen LogP contribution in [0.25, 0.3) is 21.1 Å². The number of halogens is 1. The molecule has 0 amide bonds. The summed E-state index contributed by atoms with van der Waals surface area (Å²) >= 11 is 4.61. The summed E-state index contributed by atoms with van der Waals surface area (Å²) in [5.74, 6) is -0.497. The predicted octanol–water partition coefficient (Wildman–Crippen LogP) is 4.36. The number of nitrogens with zero attached hydrogens (tertiary/aromatic N) is 2. The summed E-state index contributed by atoms with van der Waals surface area (Å²) in [4.78, 5) is 37.3. The Hall–Kier alpha value is -2.98. The molecule has 3 heterocycles. The smallest absolute Gasteiger partial charge is 0.356 e. The Morgan fingerprint density at radius 3 is 2.70 bits per heavy atom. The zero-order valence-corrected chi connectivity index (χ0v) is 18.5. The molecule has 3 aromatic heterocycles. The van der Waals surface area contributed by atoms with E-state index < -0.39 is 11.9 Å². The fourth-order valence-electron chi connectivity index (χ4n) is 3.12. The zero-order valence-electron chi connectivity index (χ0n) is 16.1. The Balaban J connectivity index is 1.58. The summed E-state index contributed by atoms with van der Waals surface area (Å²) in [6, 6.07) is 7.52. The first kappa shape index (κ1) is 20.3. The molecule has 0 saturated heterocycles. The predicted molar refractivity (Wildman–Crippen MR) is 118 cm³/mol. The summed E-state index contributed by atoms with van der Waals surface area (Å²) < 4.78 is 11.1. The fraction of sp³-hybridized carbons (Fsp3) is 0.200. The van der Waals surface area contributed by atoms with E-state index in [1.807, 2.05) is 24.3 Å². The summed E-state index contributed by atoms with van der Waals surface area (Å²) in [6.45, 7) is 3.63. The van der Waals surface area contributed by atoms with Crippen molar-refractivity contribution < 1.29 is 19.1 Å². The van der Waals surface area contributed by atoms with Gasteiger partial charge in [0.25, 0.3) is 0 Å². The van der Waals surface area contributed by atoms with Gasteiger partial charge in [-0.25, -0.2) is 19.6 Å². The SMILES string of the molecule is CCOC(=O)c1sc2nc(COC(=O)c3[nH]c4ccccc4c3Br)nc(N)c2c1C. The molecule has 4 aromatic rings. The summed E-state index contributed by atoms with van der Waals surface area (Å²) in [6.07, 6.45) is 0. The van der Waals surface area contributed by atoms with Gasteiger partial charge in [-0.1, -0.05) is 18.2 Å². The van der Waals surface area contributed by atoms with E-state index in [2.05, 4.69) is 30.9 Å². The van der Waals surface area contributed by atoms with Gasteiger partial charge in [0.2, 0.25) is 0 Å². The maximum absolute atomic E-state index is 12.5. The first-order valence-corrected chi connectivity index (χ1v) is 10.7. The molecule has 0 aliphatic rings. The fourth-order valence-corrected chi connectivity index (χ4v) is 4.83. The maximum Gasteiger partial charge on any atom is 0.356 e. The molecule has 0 unspecified atom stereocenters. The Bertz CT molecular complexity index is 1300. The minimum atomic E-state index is -0.546. The van der Waals surface area contributed by atoms with Crippen LogP contribution in [0.3, 0.4) is 0 Å². The highest BCUT2D eigenvalue weighted by atomic mass is 79.9. The lowest BCUT2D eigenvalue weighted by molar-refractivity contribution is 0.0455. The van der Waals surface area contributed by atoms with Gasteiger partial charge in [0.15, 0.2) is 12.4 Å². The second kappa shape index (κ2) is 8.04. The van der Waals surface area contributed by atoms with Crippen LogP contribution in [0, 0.1) is 6.92 Å². The van der Waals surface area contributed by atoms with Crippen LogP contribution in [0.15, 0.2) is 28.7 Å². The Morgan fingerprint density at radius 2 is 1.97 bits per heavy atom. The monoisotopic (exact) mass is 488 g/mol. The van der Waals surface area contributed by atoms with E-state index in [0.29, 0.717) is 30.8 Å². The summed E-state index contributed by atoms with van der Waals surface area (Å²) in [7, 11) is 0. The van der Waals surface area contributed by atoms with Crippen LogP contribution in [-0.2, 0) is 16.1 Å². The third-order valence-corrected chi connectivity index (χ3v) is 6.49. The minimum absolute atomic E-state index is 0.160. The topological polar surface area (TPSA) is 120 Å². The van der Waals surface area contributed by atoms with Crippen molar-refractivity contribution in [3.05, 3.63) is 50.7 Å². The van der Waals surface area contributed by atoms with Crippen LogP contribution in [0.4, 0.5) is 5.82 Å². The molecule has 0 bridgehead atoms. The van der Waals surface area contributed by atoms with Gasteiger partial charge in [0.05, 0.1) is 16.5 Å². The molecule has 0 saturated carbocycles. The van der Waals surface area contributed by atoms with Crippen molar-refractivity contribution in [1.29, 1.82) is 0 Å². The molecule has 8 nitrogen and oxygen atoms in total. The van der Waals surface area contributed by atoms with Crippen LogP contribution in [-0.4, -0.2) is 33.5 Å². The molecule has 0 aliphatic heterocycles. The highest BCUT2D eigenvalue weighted by molar-refractivity contribution is 9.10. The third kappa shape index (κ3) is 3.52. The molecule has 0 radical (unpaired) electrons. The molecule has 154 valence electrons. The number of aryl methyl sites for hydroxylation is 1. The van der Waals surface area contributed by atoms with Gasteiger partial charge < -0.3 is 20.2 Å². The highest BCUT2D eigenvalue weighted by Gasteiger charge is 2.22. The van der Waals surface area contributed by atoms with Gasteiger partial charge >= 0.3 is 11.9 Å². The average molecular weight is 489 g/mol. The molecule has 30 heavy (non-hydrogen) atoms. The van der Waals surface area contributed by atoms with Crippen molar-refractivity contribution in [2.75, 3.05) is 12.3 Å². The zero-order chi connectivity index (χ0) is 21.4. The first-order chi connectivity index (χ1) is 14.4. The van der Waals surface area contributed by atoms with Gasteiger partial charge in [0.1, 0.15) is 21.2 Å². The van der Waals surface area contributed by atoms with Gasteiger partial charge in [-0.2, -0.15) is 0 Å². The lowest BCUT2D eigenvalue weighted by Crippen LogP contribution is -2.09. The van der Waals surface area contributed by atoms with E-state index in [-0.39, 0.29) is 24.9 Å². The van der Waals surface area contributed by atoms with E-state index in [4.69, 9.17) is 15.2 Å². The molecule has 0 fully saturated rings. The number of hydrogen-bond donors (Lipinski definition) is 2. The number of aromatic amines is 1. The van der Waals surface area contributed by atoms with Crippen LogP contribution in [0.5, 0.6) is 0 Å². The quantitative estimate of drug-likeness (QED) is 0.400. The molecule has 0 aliphatic carbocycles. The van der Waals surface area contributed by atoms with E-state index in [1.54, 1.807) is 13.8 Å². The molecular weight excluding hydrogens is 472 g/mol. The van der Waals surface area contributed by atoms with Gasteiger partial charge in [-0.05, 0) is 41.4 Å². The van der Waals surface area contributed by atoms with Gasteiger partial charge in [-0.15, -0.1) is 11.3 Å². The number of anilines is 1. The number of fused-ring (bicyclic) bond motifs is 2. The molecule has 1 aromatic carbocycles. The first-order valence-electron chi connectivity index (χ1n) is 9.06. The summed E-state index contributed by atoms with van der Waals surface area (Å²) in [5.41, 5.74) is 7.89.